The number of nitrogens with zero attached hydrogens (tertiary/aromatic N) is 1. The molecule has 0 saturated carbocycles. The first-order valence-corrected chi connectivity index (χ1v) is 6.96. The van der Waals surface area contributed by atoms with Gasteiger partial charge in [0.2, 0.25) is 0 Å². The molecule has 0 bridgehead atoms. The summed E-state index contributed by atoms with van der Waals surface area (Å²) < 4.78 is 0. The molecule has 3 heteroatoms. The first-order chi connectivity index (χ1) is 8.90. The highest BCUT2D eigenvalue weighted by molar-refractivity contribution is 7.09. The molecule has 1 unspecified atom stereocenters. The average Bonchev–Trinajstić information content (AvgIpc) is 2.92. The van der Waals surface area contributed by atoms with Crippen LogP contribution in [0, 0.1) is 11.3 Å². The number of hydrogen-bond donors (Lipinski definition) is 1. The zero-order valence-electron chi connectivity index (χ0n) is 10.2. The minimum absolute atomic E-state index is 0.135. The van der Waals surface area contributed by atoms with E-state index in [2.05, 4.69) is 41.0 Å². The zero-order chi connectivity index (χ0) is 12.6. The molecule has 1 N–H and O–H groups in total. The van der Waals surface area contributed by atoms with Crippen LogP contribution >= 0.6 is 11.3 Å². The first-order valence-electron chi connectivity index (χ1n) is 6.08. The lowest BCUT2D eigenvalue weighted by Crippen LogP contribution is -2.23. The number of hydrogen-bond acceptors (Lipinski definition) is 3. The SMILES string of the molecule is N#CCC(NCCc1cccs1)c1ccccc1. The predicted octanol–water partition coefficient (Wildman–Crippen LogP) is 3.54. The molecule has 0 spiro atoms. The molecule has 0 aliphatic heterocycles. The van der Waals surface area contributed by atoms with E-state index in [0.29, 0.717) is 6.42 Å². The van der Waals surface area contributed by atoms with E-state index < -0.39 is 0 Å². The lowest BCUT2D eigenvalue weighted by atomic mass is 10.0. The fourth-order valence-electron chi connectivity index (χ4n) is 1.91. The summed E-state index contributed by atoms with van der Waals surface area (Å²) in [6, 6.07) is 16.8. The van der Waals surface area contributed by atoms with Crippen LogP contribution in [0.15, 0.2) is 47.8 Å². The molecule has 0 amide bonds. The summed E-state index contributed by atoms with van der Waals surface area (Å²) in [6.07, 6.45) is 1.53. The van der Waals surface area contributed by atoms with Gasteiger partial charge in [-0.2, -0.15) is 5.26 Å². The molecule has 0 fully saturated rings. The molecule has 1 aromatic carbocycles. The summed E-state index contributed by atoms with van der Waals surface area (Å²) in [5, 5.41) is 14.4. The highest BCUT2D eigenvalue weighted by atomic mass is 32.1. The van der Waals surface area contributed by atoms with Crippen molar-refractivity contribution in [1.29, 1.82) is 5.26 Å². The van der Waals surface area contributed by atoms with Crippen molar-refractivity contribution >= 4 is 11.3 Å². The van der Waals surface area contributed by atoms with Crippen molar-refractivity contribution in [2.75, 3.05) is 6.54 Å². The smallest absolute Gasteiger partial charge is 0.0641 e. The molecular formula is C15H16N2S. The van der Waals surface area contributed by atoms with Crippen molar-refractivity contribution in [3.05, 3.63) is 58.3 Å². The van der Waals surface area contributed by atoms with Gasteiger partial charge < -0.3 is 5.32 Å². The summed E-state index contributed by atoms with van der Waals surface area (Å²) >= 11 is 1.78. The van der Waals surface area contributed by atoms with Crippen molar-refractivity contribution in [3.8, 4) is 6.07 Å². The normalized spacial score (nSPS) is 11.9. The van der Waals surface area contributed by atoms with Gasteiger partial charge in [0.25, 0.3) is 0 Å². The standard InChI is InChI=1S/C15H16N2S/c16-10-8-15(13-5-2-1-3-6-13)17-11-9-14-7-4-12-18-14/h1-7,12,15,17H,8-9,11H2. The van der Waals surface area contributed by atoms with Crippen molar-refractivity contribution < 1.29 is 0 Å². The summed E-state index contributed by atoms with van der Waals surface area (Å²) in [4.78, 5) is 1.38. The minimum Gasteiger partial charge on any atom is -0.309 e. The average molecular weight is 256 g/mol. The summed E-state index contributed by atoms with van der Waals surface area (Å²) in [6.45, 7) is 0.905. The Hall–Kier alpha value is -1.63. The van der Waals surface area contributed by atoms with Gasteiger partial charge in [-0.3, -0.25) is 0 Å². The molecule has 1 aromatic heterocycles. The van der Waals surface area contributed by atoms with Crippen molar-refractivity contribution in [3.63, 3.8) is 0 Å². The van der Waals surface area contributed by atoms with E-state index in [4.69, 9.17) is 5.26 Å². The third kappa shape index (κ3) is 3.69. The monoisotopic (exact) mass is 256 g/mol. The van der Waals surface area contributed by atoms with Crippen LogP contribution < -0.4 is 5.32 Å². The zero-order valence-corrected chi connectivity index (χ0v) is 11.0. The second-order valence-electron chi connectivity index (χ2n) is 4.11. The van der Waals surface area contributed by atoms with Crippen LogP contribution in [0.2, 0.25) is 0 Å². The lowest BCUT2D eigenvalue weighted by Gasteiger charge is -2.15. The van der Waals surface area contributed by atoms with Crippen molar-refractivity contribution in [1.82, 2.24) is 5.32 Å². The number of rotatable bonds is 6. The van der Waals surface area contributed by atoms with Crippen molar-refractivity contribution in [2.24, 2.45) is 0 Å². The maximum atomic E-state index is 8.89. The fraction of sp³-hybridized carbons (Fsp3) is 0.267. The lowest BCUT2D eigenvalue weighted by molar-refractivity contribution is 0.547. The van der Waals surface area contributed by atoms with Gasteiger partial charge in [0.05, 0.1) is 12.5 Å². The molecule has 1 atom stereocenters. The highest BCUT2D eigenvalue weighted by Gasteiger charge is 2.09. The van der Waals surface area contributed by atoms with E-state index in [1.54, 1.807) is 11.3 Å². The Labute approximate surface area is 112 Å². The minimum atomic E-state index is 0.135. The van der Waals surface area contributed by atoms with E-state index in [9.17, 15) is 0 Å². The molecule has 92 valence electrons. The second-order valence-corrected chi connectivity index (χ2v) is 5.14. The van der Waals surface area contributed by atoms with E-state index in [0.717, 1.165) is 13.0 Å². The quantitative estimate of drug-likeness (QED) is 0.858. The maximum absolute atomic E-state index is 8.89. The largest absolute Gasteiger partial charge is 0.309 e. The van der Waals surface area contributed by atoms with Crippen LogP contribution in [-0.2, 0) is 6.42 Å². The van der Waals surface area contributed by atoms with Crippen molar-refractivity contribution in [2.45, 2.75) is 18.9 Å². The Morgan fingerprint density at radius 3 is 2.67 bits per heavy atom. The number of benzene rings is 1. The molecular weight excluding hydrogens is 240 g/mol. The molecule has 1 heterocycles. The second kappa shape index (κ2) is 6.95. The van der Waals surface area contributed by atoms with E-state index in [-0.39, 0.29) is 6.04 Å². The maximum Gasteiger partial charge on any atom is 0.0641 e. The Morgan fingerprint density at radius 2 is 2.00 bits per heavy atom. The summed E-state index contributed by atoms with van der Waals surface area (Å²) in [5.74, 6) is 0. The summed E-state index contributed by atoms with van der Waals surface area (Å²) in [7, 11) is 0. The third-order valence-corrected chi connectivity index (χ3v) is 3.78. The molecule has 18 heavy (non-hydrogen) atoms. The molecule has 0 aliphatic rings. The van der Waals surface area contributed by atoms with E-state index in [1.807, 2.05) is 18.2 Å². The van der Waals surface area contributed by atoms with Gasteiger partial charge in [0.1, 0.15) is 0 Å². The Bertz CT molecular complexity index is 485. The topological polar surface area (TPSA) is 35.8 Å². The Kier molecular flexibility index (Phi) is 4.95. The summed E-state index contributed by atoms with van der Waals surface area (Å²) in [5.41, 5.74) is 1.19. The number of nitriles is 1. The molecule has 2 nitrogen and oxygen atoms in total. The van der Waals surface area contributed by atoms with Gasteiger partial charge in [-0.05, 0) is 23.4 Å². The van der Waals surface area contributed by atoms with Crippen LogP contribution in [0.3, 0.4) is 0 Å². The van der Waals surface area contributed by atoms with Crippen LogP contribution in [0.4, 0.5) is 0 Å². The predicted molar refractivity (Wildman–Crippen MR) is 75.4 cm³/mol. The van der Waals surface area contributed by atoms with Gasteiger partial charge in [0.15, 0.2) is 0 Å². The number of nitrogens with one attached hydrogen (secondary N) is 1. The van der Waals surface area contributed by atoms with E-state index in [1.165, 1.54) is 10.4 Å². The fourth-order valence-corrected chi connectivity index (χ4v) is 2.62. The highest BCUT2D eigenvalue weighted by Crippen LogP contribution is 2.16. The third-order valence-electron chi connectivity index (χ3n) is 2.84. The molecule has 0 aliphatic carbocycles. The molecule has 0 saturated heterocycles. The van der Waals surface area contributed by atoms with Crippen LogP contribution in [0.5, 0.6) is 0 Å². The van der Waals surface area contributed by atoms with Gasteiger partial charge in [-0.25, -0.2) is 0 Å². The van der Waals surface area contributed by atoms with Crippen LogP contribution in [-0.4, -0.2) is 6.54 Å². The van der Waals surface area contributed by atoms with Crippen LogP contribution in [0.1, 0.15) is 22.9 Å². The van der Waals surface area contributed by atoms with Gasteiger partial charge in [-0.1, -0.05) is 36.4 Å². The Morgan fingerprint density at radius 1 is 1.17 bits per heavy atom. The molecule has 2 rings (SSSR count). The molecule has 2 aromatic rings. The molecule has 0 radical (unpaired) electrons. The van der Waals surface area contributed by atoms with Gasteiger partial charge >= 0.3 is 0 Å². The van der Waals surface area contributed by atoms with Gasteiger partial charge in [0, 0.05) is 17.5 Å². The van der Waals surface area contributed by atoms with E-state index >= 15 is 0 Å². The van der Waals surface area contributed by atoms with Gasteiger partial charge in [-0.15, -0.1) is 11.3 Å². The van der Waals surface area contributed by atoms with Crippen LogP contribution in [0.25, 0.3) is 0 Å². The Balaban J connectivity index is 1.89. The first kappa shape index (κ1) is 12.8. The number of thiophene rings is 1.